The Kier molecular flexibility index (Phi) is 5.57. The number of carbonyl (C=O) groups is 1. The SMILES string of the molecule is N#Cc1cccc(F)c1-c1cc(Nc2ccc(C(=O)N3CCOCC3)cc2)c2c(O)[nH]cc2n1. The Morgan fingerprint density at radius 3 is 2.71 bits per heavy atom. The second-order valence-electron chi connectivity index (χ2n) is 7.83. The molecular weight excluding hydrogens is 437 g/mol. The number of fused-ring (bicyclic) bond motifs is 1. The number of morpholine rings is 1. The van der Waals surface area contributed by atoms with E-state index in [1.807, 2.05) is 6.07 Å². The molecule has 2 aromatic carbocycles. The van der Waals surface area contributed by atoms with Gasteiger partial charge in [-0.25, -0.2) is 9.37 Å². The maximum Gasteiger partial charge on any atom is 0.254 e. The molecule has 3 heterocycles. The molecule has 0 aliphatic carbocycles. The van der Waals surface area contributed by atoms with Crippen molar-refractivity contribution >= 4 is 28.2 Å². The fourth-order valence-corrected chi connectivity index (χ4v) is 4.03. The Balaban J connectivity index is 1.50. The summed E-state index contributed by atoms with van der Waals surface area (Å²) in [7, 11) is 0. The molecule has 0 atom stereocenters. The van der Waals surface area contributed by atoms with Gasteiger partial charge in [0, 0.05) is 30.5 Å². The topological polar surface area (TPSA) is 114 Å². The first kappa shape index (κ1) is 21.4. The number of halogens is 1. The number of H-pyrrole nitrogens is 1. The fraction of sp³-hybridized carbons (Fsp3) is 0.160. The van der Waals surface area contributed by atoms with Gasteiger partial charge in [-0.15, -0.1) is 0 Å². The molecule has 9 heteroatoms. The van der Waals surface area contributed by atoms with Crippen LogP contribution in [0.3, 0.4) is 0 Å². The molecule has 3 N–H and O–H groups in total. The summed E-state index contributed by atoms with van der Waals surface area (Å²) in [4.78, 5) is 21.6. The lowest BCUT2D eigenvalue weighted by Crippen LogP contribution is -2.40. The van der Waals surface area contributed by atoms with Crippen LogP contribution >= 0.6 is 0 Å². The van der Waals surface area contributed by atoms with Gasteiger partial charge in [-0.1, -0.05) is 6.07 Å². The molecule has 0 saturated carbocycles. The molecule has 1 aliphatic rings. The lowest BCUT2D eigenvalue weighted by atomic mass is 10.0. The van der Waals surface area contributed by atoms with Gasteiger partial charge in [-0.3, -0.25) is 4.79 Å². The van der Waals surface area contributed by atoms with Crippen LogP contribution in [0.4, 0.5) is 15.8 Å². The Morgan fingerprint density at radius 2 is 1.97 bits per heavy atom. The monoisotopic (exact) mass is 457 g/mol. The quantitative estimate of drug-likeness (QED) is 0.424. The van der Waals surface area contributed by atoms with E-state index in [0.717, 1.165) is 0 Å². The standard InChI is InChI=1S/C25H20FN5O3/c26-18-3-1-2-16(13-27)22(18)19-12-20(23-21(30-19)14-28-24(23)32)29-17-6-4-15(5-7-17)25(33)31-8-10-34-11-9-31/h1-7,12,14,28-29,32H,8-11H2. The van der Waals surface area contributed by atoms with Gasteiger partial charge in [-0.05, 0) is 42.5 Å². The van der Waals surface area contributed by atoms with Crippen LogP contribution in [0.1, 0.15) is 15.9 Å². The van der Waals surface area contributed by atoms with Crippen LogP contribution in [0.25, 0.3) is 22.2 Å². The van der Waals surface area contributed by atoms with Gasteiger partial charge in [0.25, 0.3) is 5.91 Å². The summed E-state index contributed by atoms with van der Waals surface area (Å²) in [6.07, 6.45) is 1.51. The third-order valence-electron chi connectivity index (χ3n) is 5.73. The minimum Gasteiger partial charge on any atom is -0.494 e. The minimum atomic E-state index is -0.567. The van der Waals surface area contributed by atoms with Crippen molar-refractivity contribution in [1.29, 1.82) is 5.26 Å². The minimum absolute atomic E-state index is 0.0599. The molecule has 0 bridgehead atoms. The average Bonchev–Trinajstić information content (AvgIpc) is 3.25. The number of aromatic amines is 1. The largest absolute Gasteiger partial charge is 0.494 e. The molecule has 0 radical (unpaired) electrons. The number of hydrogen-bond donors (Lipinski definition) is 3. The van der Waals surface area contributed by atoms with Crippen LogP contribution in [0.2, 0.25) is 0 Å². The zero-order chi connectivity index (χ0) is 23.7. The number of aromatic hydroxyl groups is 1. The molecule has 34 heavy (non-hydrogen) atoms. The van der Waals surface area contributed by atoms with Crippen molar-refractivity contribution < 1.29 is 19.0 Å². The third-order valence-corrected chi connectivity index (χ3v) is 5.73. The number of nitrogens with one attached hydrogen (secondary N) is 2. The lowest BCUT2D eigenvalue weighted by molar-refractivity contribution is 0.0303. The molecular formula is C25H20FN5O3. The Labute approximate surface area is 194 Å². The summed E-state index contributed by atoms with van der Waals surface area (Å²) in [5, 5.41) is 23.4. The van der Waals surface area contributed by atoms with Crippen molar-refractivity contribution in [3.05, 3.63) is 71.7 Å². The second kappa shape index (κ2) is 8.84. The molecule has 0 spiro atoms. The highest BCUT2D eigenvalue weighted by Crippen LogP contribution is 2.36. The van der Waals surface area contributed by atoms with E-state index in [4.69, 9.17) is 4.74 Å². The number of aromatic nitrogens is 2. The first-order valence-corrected chi connectivity index (χ1v) is 10.7. The van der Waals surface area contributed by atoms with Gasteiger partial charge < -0.3 is 25.0 Å². The molecule has 5 rings (SSSR count). The first-order chi connectivity index (χ1) is 16.5. The van der Waals surface area contributed by atoms with Crippen LogP contribution in [-0.4, -0.2) is 52.2 Å². The smallest absolute Gasteiger partial charge is 0.254 e. The summed E-state index contributed by atoms with van der Waals surface area (Å²) in [5.41, 5.74) is 2.59. The van der Waals surface area contributed by atoms with E-state index in [2.05, 4.69) is 15.3 Å². The zero-order valence-corrected chi connectivity index (χ0v) is 18.0. The molecule has 1 amide bonds. The molecule has 1 fully saturated rings. The van der Waals surface area contributed by atoms with Crippen LogP contribution in [-0.2, 0) is 4.74 Å². The number of pyridine rings is 1. The number of nitriles is 1. The molecule has 1 aliphatic heterocycles. The van der Waals surface area contributed by atoms with Gasteiger partial charge in [-0.2, -0.15) is 5.26 Å². The number of benzene rings is 2. The van der Waals surface area contributed by atoms with Crippen LogP contribution in [0.15, 0.2) is 54.7 Å². The normalized spacial score (nSPS) is 13.6. The summed E-state index contributed by atoms with van der Waals surface area (Å²) < 4.78 is 19.9. The Morgan fingerprint density at radius 1 is 1.21 bits per heavy atom. The second-order valence-corrected chi connectivity index (χ2v) is 7.83. The van der Waals surface area contributed by atoms with Gasteiger partial charge in [0.1, 0.15) is 5.82 Å². The zero-order valence-electron chi connectivity index (χ0n) is 18.0. The van der Waals surface area contributed by atoms with Crippen LogP contribution in [0.5, 0.6) is 5.88 Å². The number of anilines is 2. The predicted octanol–water partition coefficient (Wildman–Crippen LogP) is 4.16. The van der Waals surface area contributed by atoms with Gasteiger partial charge in [0.2, 0.25) is 0 Å². The first-order valence-electron chi connectivity index (χ1n) is 10.7. The maximum atomic E-state index is 14.6. The lowest BCUT2D eigenvalue weighted by Gasteiger charge is -2.26. The van der Waals surface area contributed by atoms with Crippen LogP contribution in [0, 0.1) is 17.1 Å². The predicted molar refractivity (Wildman–Crippen MR) is 124 cm³/mol. The molecule has 8 nitrogen and oxygen atoms in total. The summed E-state index contributed by atoms with van der Waals surface area (Å²) >= 11 is 0. The van der Waals surface area contributed by atoms with E-state index >= 15 is 0 Å². The van der Waals surface area contributed by atoms with Crippen LogP contribution < -0.4 is 5.32 Å². The molecule has 170 valence electrons. The number of nitrogens with zero attached hydrogens (tertiary/aromatic N) is 3. The average molecular weight is 457 g/mol. The Bertz CT molecular complexity index is 1420. The van der Waals surface area contributed by atoms with E-state index in [1.54, 1.807) is 35.2 Å². The summed E-state index contributed by atoms with van der Waals surface area (Å²) in [5.74, 6) is -0.720. The van der Waals surface area contributed by atoms with Gasteiger partial charge in [0.15, 0.2) is 5.88 Å². The van der Waals surface area contributed by atoms with Crippen molar-refractivity contribution in [2.75, 3.05) is 31.6 Å². The van der Waals surface area contributed by atoms with E-state index in [-0.39, 0.29) is 28.6 Å². The number of carbonyl (C=O) groups excluding carboxylic acids is 1. The highest BCUT2D eigenvalue weighted by molar-refractivity contribution is 6.00. The van der Waals surface area contributed by atoms with Gasteiger partial charge >= 0.3 is 0 Å². The fourth-order valence-electron chi connectivity index (χ4n) is 4.03. The Hall–Kier alpha value is -4.42. The molecule has 4 aromatic rings. The molecule has 0 unspecified atom stereocenters. The van der Waals surface area contributed by atoms with Crippen molar-refractivity contribution in [2.45, 2.75) is 0 Å². The molecule has 1 saturated heterocycles. The number of hydrogen-bond acceptors (Lipinski definition) is 6. The summed E-state index contributed by atoms with van der Waals surface area (Å²) in [6, 6.07) is 14.8. The van der Waals surface area contributed by atoms with Crippen molar-refractivity contribution in [1.82, 2.24) is 14.9 Å². The highest BCUT2D eigenvalue weighted by Gasteiger charge is 2.20. The number of rotatable bonds is 4. The van der Waals surface area contributed by atoms with E-state index < -0.39 is 5.82 Å². The molecule has 2 aromatic heterocycles. The van der Waals surface area contributed by atoms with Crippen molar-refractivity contribution in [2.24, 2.45) is 0 Å². The number of amides is 1. The van der Waals surface area contributed by atoms with E-state index in [0.29, 0.717) is 54.1 Å². The third kappa shape index (κ3) is 3.91. The van der Waals surface area contributed by atoms with E-state index in [9.17, 15) is 19.6 Å². The van der Waals surface area contributed by atoms with Crippen molar-refractivity contribution in [3.8, 4) is 23.2 Å². The highest BCUT2D eigenvalue weighted by atomic mass is 19.1. The maximum absolute atomic E-state index is 14.6. The van der Waals surface area contributed by atoms with E-state index in [1.165, 1.54) is 24.4 Å². The summed E-state index contributed by atoms with van der Waals surface area (Å²) in [6.45, 7) is 2.18. The van der Waals surface area contributed by atoms with Gasteiger partial charge in [0.05, 0.1) is 52.7 Å². The number of ether oxygens (including phenoxy) is 1. The van der Waals surface area contributed by atoms with Crippen molar-refractivity contribution in [3.63, 3.8) is 0 Å².